The minimum absolute atomic E-state index is 0.00241. The summed E-state index contributed by atoms with van der Waals surface area (Å²) in [4.78, 5) is 27.2. The van der Waals surface area contributed by atoms with Crippen LogP contribution in [-0.4, -0.2) is 31.8 Å². The number of nitrogens with zero attached hydrogens (tertiary/aromatic N) is 3. The second-order valence-electron chi connectivity index (χ2n) is 5.36. The fourth-order valence-electron chi connectivity index (χ4n) is 2.19. The predicted octanol–water partition coefficient (Wildman–Crippen LogP) is 1.88. The summed E-state index contributed by atoms with van der Waals surface area (Å²) in [6, 6.07) is 6.95. The number of aromatic amines is 1. The van der Waals surface area contributed by atoms with Crippen LogP contribution in [0.3, 0.4) is 0 Å². The summed E-state index contributed by atoms with van der Waals surface area (Å²) in [5.41, 5.74) is 1.01. The summed E-state index contributed by atoms with van der Waals surface area (Å²) < 4.78 is 1.30. The van der Waals surface area contributed by atoms with E-state index in [1.807, 2.05) is 13.8 Å². The molecule has 0 fully saturated rings. The van der Waals surface area contributed by atoms with E-state index in [0.29, 0.717) is 10.7 Å². The molecule has 1 amide bonds. The SMILES string of the molecule is CC(C)NC(=O)c1nnn2cc(-c3ccc(Cl)cc3)[nH]c(=O)c12. The van der Waals surface area contributed by atoms with Gasteiger partial charge in [-0.05, 0) is 31.5 Å². The summed E-state index contributed by atoms with van der Waals surface area (Å²) in [5, 5.41) is 11.0. The van der Waals surface area contributed by atoms with E-state index >= 15 is 0 Å². The molecule has 0 radical (unpaired) electrons. The average molecular weight is 332 g/mol. The Morgan fingerprint density at radius 1 is 1.30 bits per heavy atom. The summed E-state index contributed by atoms with van der Waals surface area (Å²) in [6.45, 7) is 3.65. The lowest BCUT2D eigenvalue weighted by Crippen LogP contribution is -2.31. The van der Waals surface area contributed by atoms with E-state index < -0.39 is 11.5 Å². The molecule has 0 aliphatic carbocycles. The summed E-state index contributed by atoms with van der Waals surface area (Å²) >= 11 is 5.86. The van der Waals surface area contributed by atoms with Crippen molar-refractivity contribution in [2.75, 3.05) is 0 Å². The van der Waals surface area contributed by atoms with Crippen LogP contribution in [-0.2, 0) is 0 Å². The maximum Gasteiger partial charge on any atom is 0.276 e. The van der Waals surface area contributed by atoms with Crippen molar-refractivity contribution in [2.45, 2.75) is 19.9 Å². The van der Waals surface area contributed by atoms with Crippen molar-refractivity contribution in [3.8, 4) is 11.3 Å². The molecule has 0 bridgehead atoms. The first-order valence-corrected chi connectivity index (χ1v) is 7.38. The van der Waals surface area contributed by atoms with E-state index in [2.05, 4.69) is 20.6 Å². The number of nitrogens with one attached hydrogen (secondary N) is 2. The zero-order chi connectivity index (χ0) is 16.6. The molecule has 3 aromatic rings. The third-order valence-electron chi connectivity index (χ3n) is 3.20. The molecule has 2 aromatic heterocycles. The highest BCUT2D eigenvalue weighted by Gasteiger charge is 2.19. The number of amides is 1. The van der Waals surface area contributed by atoms with Crippen LogP contribution in [0.25, 0.3) is 16.8 Å². The summed E-state index contributed by atoms with van der Waals surface area (Å²) in [5.74, 6) is -0.431. The third kappa shape index (κ3) is 2.95. The number of rotatable bonds is 3. The lowest BCUT2D eigenvalue weighted by atomic mass is 10.1. The van der Waals surface area contributed by atoms with E-state index in [0.717, 1.165) is 5.56 Å². The van der Waals surface area contributed by atoms with Gasteiger partial charge in [0.1, 0.15) is 0 Å². The van der Waals surface area contributed by atoms with Gasteiger partial charge in [0.05, 0.1) is 11.9 Å². The van der Waals surface area contributed by atoms with Crippen LogP contribution in [0.5, 0.6) is 0 Å². The number of hydrogen-bond acceptors (Lipinski definition) is 4. The molecular formula is C15H14ClN5O2. The van der Waals surface area contributed by atoms with Crippen molar-refractivity contribution >= 4 is 23.0 Å². The molecule has 0 unspecified atom stereocenters. The van der Waals surface area contributed by atoms with Crippen molar-refractivity contribution in [3.63, 3.8) is 0 Å². The molecule has 1 aromatic carbocycles. The molecule has 23 heavy (non-hydrogen) atoms. The maximum absolute atomic E-state index is 12.3. The van der Waals surface area contributed by atoms with Gasteiger partial charge < -0.3 is 10.3 Å². The van der Waals surface area contributed by atoms with Crippen LogP contribution < -0.4 is 10.9 Å². The molecule has 7 nitrogen and oxygen atoms in total. The van der Waals surface area contributed by atoms with Crippen LogP contribution in [0.2, 0.25) is 5.02 Å². The van der Waals surface area contributed by atoms with Gasteiger partial charge in [-0.15, -0.1) is 5.10 Å². The van der Waals surface area contributed by atoms with Crippen LogP contribution in [0, 0.1) is 0 Å². The van der Waals surface area contributed by atoms with E-state index in [1.54, 1.807) is 30.5 Å². The first-order valence-electron chi connectivity index (χ1n) is 7.01. The molecule has 0 atom stereocenters. The molecule has 118 valence electrons. The zero-order valence-electron chi connectivity index (χ0n) is 12.5. The van der Waals surface area contributed by atoms with Crippen molar-refractivity contribution < 1.29 is 4.79 Å². The lowest BCUT2D eigenvalue weighted by molar-refractivity contribution is 0.0939. The zero-order valence-corrected chi connectivity index (χ0v) is 13.3. The van der Waals surface area contributed by atoms with Crippen LogP contribution >= 0.6 is 11.6 Å². The molecule has 3 rings (SSSR count). The van der Waals surface area contributed by atoms with Crippen molar-refractivity contribution in [3.05, 3.63) is 51.5 Å². The monoisotopic (exact) mass is 331 g/mol. The number of benzene rings is 1. The molecule has 8 heteroatoms. The smallest absolute Gasteiger partial charge is 0.276 e. The first-order chi connectivity index (χ1) is 11.0. The fraction of sp³-hybridized carbons (Fsp3) is 0.200. The summed E-state index contributed by atoms with van der Waals surface area (Å²) in [7, 11) is 0. The third-order valence-corrected chi connectivity index (χ3v) is 3.45. The molecular weight excluding hydrogens is 318 g/mol. The molecule has 0 aliphatic heterocycles. The van der Waals surface area contributed by atoms with Crippen LogP contribution in [0.1, 0.15) is 24.3 Å². The van der Waals surface area contributed by atoms with Gasteiger partial charge in [0.25, 0.3) is 11.5 Å². The van der Waals surface area contributed by atoms with E-state index in [4.69, 9.17) is 11.6 Å². The van der Waals surface area contributed by atoms with Gasteiger partial charge in [0.15, 0.2) is 11.2 Å². The van der Waals surface area contributed by atoms with Crippen molar-refractivity contribution in [1.82, 2.24) is 25.1 Å². The Labute approximate surface area is 136 Å². The van der Waals surface area contributed by atoms with Gasteiger partial charge in [0.2, 0.25) is 0 Å². The standard InChI is InChI=1S/C15H14ClN5O2/c1-8(2)17-14(22)12-13-15(23)18-11(7-21(13)20-19-12)9-3-5-10(16)6-4-9/h3-8H,1-2H3,(H,17,22)(H,18,23). The van der Waals surface area contributed by atoms with Gasteiger partial charge in [0, 0.05) is 11.1 Å². The van der Waals surface area contributed by atoms with Crippen molar-refractivity contribution in [2.24, 2.45) is 0 Å². The Morgan fingerprint density at radius 2 is 2.00 bits per heavy atom. The second-order valence-corrected chi connectivity index (χ2v) is 5.80. The Balaban J connectivity index is 2.09. The van der Waals surface area contributed by atoms with Gasteiger partial charge in [-0.3, -0.25) is 9.59 Å². The maximum atomic E-state index is 12.3. The first kappa shape index (κ1) is 15.2. The topological polar surface area (TPSA) is 92.2 Å². The number of halogens is 1. The molecule has 0 saturated heterocycles. The number of aromatic nitrogens is 4. The van der Waals surface area contributed by atoms with Gasteiger partial charge in [-0.25, -0.2) is 4.52 Å². The highest BCUT2D eigenvalue weighted by molar-refractivity contribution is 6.30. The second kappa shape index (κ2) is 5.85. The minimum Gasteiger partial charge on any atom is -0.348 e. The van der Waals surface area contributed by atoms with Gasteiger partial charge in [-0.2, -0.15) is 0 Å². The molecule has 2 heterocycles. The van der Waals surface area contributed by atoms with E-state index in [-0.39, 0.29) is 17.3 Å². The van der Waals surface area contributed by atoms with Gasteiger partial charge >= 0.3 is 0 Å². The average Bonchev–Trinajstić information content (AvgIpc) is 2.92. The van der Waals surface area contributed by atoms with E-state index in [9.17, 15) is 9.59 Å². The Kier molecular flexibility index (Phi) is 3.87. The van der Waals surface area contributed by atoms with Crippen LogP contribution in [0.4, 0.5) is 0 Å². The normalized spacial score (nSPS) is 11.1. The molecule has 0 saturated carbocycles. The predicted molar refractivity (Wildman–Crippen MR) is 86.7 cm³/mol. The quantitative estimate of drug-likeness (QED) is 0.766. The van der Waals surface area contributed by atoms with Crippen molar-refractivity contribution in [1.29, 1.82) is 0 Å². The Bertz CT molecular complexity index is 927. The largest absolute Gasteiger partial charge is 0.348 e. The van der Waals surface area contributed by atoms with E-state index in [1.165, 1.54) is 4.52 Å². The molecule has 0 spiro atoms. The van der Waals surface area contributed by atoms with Gasteiger partial charge in [-0.1, -0.05) is 28.9 Å². The summed E-state index contributed by atoms with van der Waals surface area (Å²) in [6.07, 6.45) is 1.61. The Morgan fingerprint density at radius 3 is 2.65 bits per heavy atom. The number of fused-ring (bicyclic) bond motifs is 1. The molecule has 0 aliphatic rings. The number of hydrogen-bond donors (Lipinski definition) is 2. The lowest BCUT2D eigenvalue weighted by Gasteiger charge is -2.06. The highest BCUT2D eigenvalue weighted by atomic mass is 35.5. The van der Waals surface area contributed by atoms with Crippen LogP contribution in [0.15, 0.2) is 35.3 Å². The highest BCUT2D eigenvalue weighted by Crippen LogP contribution is 2.19. The Hall–Kier alpha value is -2.67. The number of carbonyl (C=O) groups excluding carboxylic acids is 1. The fourth-order valence-corrected chi connectivity index (χ4v) is 2.32. The molecule has 2 N–H and O–H groups in total. The number of H-pyrrole nitrogens is 1. The number of carbonyl (C=O) groups is 1. The minimum atomic E-state index is -0.434.